The van der Waals surface area contributed by atoms with E-state index >= 15 is 0 Å². The molecule has 1 aromatic carbocycles. The summed E-state index contributed by atoms with van der Waals surface area (Å²) >= 11 is 3.74. The van der Waals surface area contributed by atoms with Crippen LogP contribution >= 0.6 is 15.9 Å². The Balaban J connectivity index is 1.75. The number of alkyl halides is 1. The lowest BCUT2D eigenvalue weighted by Crippen LogP contribution is -2.60. The van der Waals surface area contributed by atoms with Gasteiger partial charge in [0, 0.05) is 31.4 Å². The number of amides is 3. The smallest absolute Gasteiger partial charge is 0.313 e. The molecule has 4 rings (SSSR count). The van der Waals surface area contributed by atoms with Crippen molar-refractivity contribution in [1.82, 2.24) is 15.1 Å². The zero-order valence-corrected chi connectivity index (χ0v) is 31.4. The number of allylic oxidation sites excluding steroid dienone is 1. The number of nitrogens with zero attached hydrogens (tertiary/aromatic N) is 2. The first-order valence-corrected chi connectivity index (χ1v) is 18.7. The first kappa shape index (κ1) is 39.7. The number of esters is 1. The number of methoxy groups -OCH3 is 1. The fourth-order valence-electron chi connectivity index (χ4n) is 7.89. The summed E-state index contributed by atoms with van der Waals surface area (Å²) in [7, 11) is 1.50. The van der Waals surface area contributed by atoms with Crippen molar-refractivity contribution < 1.29 is 38.5 Å². The molecule has 0 radical (unpaired) electrons. The van der Waals surface area contributed by atoms with Gasteiger partial charge in [0.05, 0.1) is 43.2 Å². The van der Waals surface area contributed by atoms with Gasteiger partial charge in [0.15, 0.2) is 0 Å². The lowest BCUT2D eigenvalue weighted by atomic mass is 9.70. The largest absolute Gasteiger partial charge is 0.455 e. The molecule has 12 heteroatoms. The molecule has 276 valence electrons. The van der Waals surface area contributed by atoms with E-state index in [4.69, 9.17) is 14.2 Å². The number of unbranched alkanes of at least 4 members (excludes halogenated alkanes) is 2. The van der Waals surface area contributed by atoms with Crippen LogP contribution in [-0.2, 0) is 33.4 Å². The van der Waals surface area contributed by atoms with Gasteiger partial charge in [-0.15, -0.1) is 13.2 Å². The number of benzene rings is 1. The molecular weight excluding hydrogens is 706 g/mol. The van der Waals surface area contributed by atoms with Gasteiger partial charge in [0.25, 0.3) is 0 Å². The molecule has 0 aromatic heterocycles. The predicted octanol–water partition coefficient (Wildman–Crippen LogP) is 4.34. The molecule has 9 atom stereocenters. The number of ether oxygens (including phenoxy) is 3. The van der Waals surface area contributed by atoms with Crippen LogP contribution in [0.4, 0.5) is 0 Å². The van der Waals surface area contributed by atoms with Crippen LogP contribution < -0.4 is 5.32 Å². The van der Waals surface area contributed by atoms with Crippen molar-refractivity contribution in [2.45, 2.75) is 100 Å². The normalized spacial score (nSPS) is 27.1. The quantitative estimate of drug-likeness (QED) is 0.0869. The molecule has 3 aliphatic rings. The number of aliphatic hydroxyl groups is 1. The van der Waals surface area contributed by atoms with Crippen molar-refractivity contribution in [2.75, 3.05) is 33.4 Å². The Morgan fingerprint density at radius 2 is 1.92 bits per heavy atom. The lowest BCUT2D eigenvalue weighted by molar-refractivity contribution is -0.163. The van der Waals surface area contributed by atoms with Crippen LogP contribution in [0.3, 0.4) is 0 Å². The summed E-state index contributed by atoms with van der Waals surface area (Å²) in [6.45, 7) is 13.9. The Morgan fingerprint density at radius 3 is 2.52 bits per heavy atom. The number of aliphatic hydroxyl groups excluding tert-OH is 1. The molecule has 1 aromatic rings. The molecule has 50 heavy (non-hydrogen) atoms. The van der Waals surface area contributed by atoms with E-state index in [1.54, 1.807) is 29.2 Å². The molecule has 1 spiro atoms. The third-order valence-corrected chi connectivity index (χ3v) is 11.1. The van der Waals surface area contributed by atoms with E-state index < -0.39 is 59.6 Å². The maximum Gasteiger partial charge on any atom is 0.313 e. The molecule has 1 unspecified atom stereocenters. The van der Waals surface area contributed by atoms with Gasteiger partial charge in [-0.1, -0.05) is 92.0 Å². The fourth-order valence-corrected chi connectivity index (χ4v) is 8.83. The van der Waals surface area contributed by atoms with Gasteiger partial charge in [0.1, 0.15) is 17.7 Å². The Bertz CT molecular complexity index is 1360. The molecule has 0 saturated carbocycles. The van der Waals surface area contributed by atoms with E-state index in [-0.39, 0.29) is 48.7 Å². The van der Waals surface area contributed by atoms with Crippen LogP contribution in [0.5, 0.6) is 0 Å². The third-order valence-electron chi connectivity index (χ3n) is 10.2. The number of hydrogen-bond acceptors (Lipinski definition) is 8. The summed E-state index contributed by atoms with van der Waals surface area (Å²) < 4.78 is 18.5. The molecule has 3 heterocycles. The van der Waals surface area contributed by atoms with Gasteiger partial charge in [0.2, 0.25) is 17.7 Å². The van der Waals surface area contributed by atoms with Crippen LogP contribution in [0.1, 0.15) is 71.0 Å². The second kappa shape index (κ2) is 17.9. The maximum absolute atomic E-state index is 14.7. The fraction of sp³-hybridized carbons (Fsp3) is 0.632. The van der Waals surface area contributed by atoms with Gasteiger partial charge >= 0.3 is 5.97 Å². The second-order valence-corrected chi connectivity index (χ2v) is 15.1. The highest BCUT2D eigenvalue weighted by Gasteiger charge is 2.77. The van der Waals surface area contributed by atoms with Crippen molar-refractivity contribution in [2.24, 2.45) is 17.8 Å². The minimum Gasteiger partial charge on any atom is -0.455 e. The SMILES string of the molecule is C=CCCC(=O)N[C@H](COC)[C@H](OC(=O)[C@H]1[C@@H]2O[C@@]3(CC2Br)[C@@H]1C(=O)N([C@@H](CO)C(C)C)[C@@H]3C(=O)N(CC=C)CCCCC)c1ccccc1. The lowest BCUT2D eigenvalue weighted by Gasteiger charge is -2.40. The van der Waals surface area contributed by atoms with E-state index in [1.807, 2.05) is 32.0 Å². The van der Waals surface area contributed by atoms with Crippen molar-refractivity contribution in [3.8, 4) is 0 Å². The number of carbonyl (C=O) groups excluding carboxylic acids is 4. The van der Waals surface area contributed by atoms with Crippen LogP contribution in [0.2, 0.25) is 0 Å². The van der Waals surface area contributed by atoms with Crippen LogP contribution in [0, 0.1) is 17.8 Å². The molecule has 0 aliphatic carbocycles. The second-order valence-electron chi connectivity index (χ2n) is 13.9. The van der Waals surface area contributed by atoms with E-state index in [2.05, 4.69) is 41.3 Å². The topological polar surface area (TPSA) is 135 Å². The average molecular weight is 761 g/mol. The van der Waals surface area contributed by atoms with Crippen molar-refractivity contribution in [3.63, 3.8) is 0 Å². The molecule has 3 amide bonds. The first-order chi connectivity index (χ1) is 24.0. The van der Waals surface area contributed by atoms with Crippen molar-refractivity contribution in [3.05, 3.63) is 61.2 Å². The van der Waals surface area contributed by atoms with Gasteiger partial charge in [-0.3, -0.25) is 19.2 Å². The van der Waals surface area contributed by atoms with Crippen LogP contribution in [-0.4, -0.2) is 107 Å². The zero-order valence-electron chi connectivity index (χ0n) is 29.8. The summed E-state index contributed by atoms with van der Waals surface area (Å²) in [5.74, 6) is -3.86. The number of carbonyl (C=O) groups is 4. The average Bonchev–Trinajstić information content (AvgIpc) is 3.69. The minimum atomic E-state index is -1.32. The highest BCUT2D eigenvalue weighted by molar-refractivity contribution is 9.09. The summed E-state index contributed by atoms with van der Waals surface area (Å²) in [6.07, 6.45) is 5.34. The van der Waals surface area contributed by atoms with E-state index in [1.165, 1.54) is 12.0 Å². The van der Waals surface area contributed by atoms with Gasteiger partial charge in [-0.05, 0) is 30.7 Å². The molecule has 2 N–H and O–H groups in total. The highest BCUT2D eigenvalue weighted by Crippen LogP contribution is 2.61. The first-order valence-electron chi connectivity index (χ1n) is 17.8. The molecule has 11 nitrogen and oxygen atoms in total. The van der Waals surface area contributed by atoms with Gasteiger partial charge in [-0.25, -0.2) is 0 Å². The predicted molar refractivity (Wildman–Crippen MR) is 193 cm³/mol. The highest BCUT2D eigenvalue weighted by atomic mass is 79.9. The third kappa shape index (κ3) is 8.03. The molecule has 3 saturated heterocycles. The van der Waals surface area contributed by atoms with E-state index in [0.29, 0.717) is 24.9 Å². The number of nitrogens with one attached hydrogen (secondary N) is 1. The van der Waals surface area contributed by atoms with Crippen LogP contribution in [0.25, 0.3) is 0 Å². The monoisotopic (exact) mass is 759 g/mol. The minimum absolute atomic E-state index is 0.0543. The van der Waals surface area contributed by atoms with Crippen LogP contribution in [0.15, 0.2) is 55.6 Å². The number of fused-ring (bicyclic) bond motifs is 1. The van der Waals surface area contributed by atoms with Crippen molar-refractivity contribution in [1.29, 1.82) is 0 Å². The zero-order chi connectivity index (χ0) is 36.6. The molecule has 2 bridgehead atoms. The number of hydrogen-bond donors (Lipinski definition) is 2. The Morgan fingerprint density at radius 1 is 1.20 bits per heavy atom. The molecule has 3 fully saturated rings. The maximum atomic E-state index is 14.7. The summed E-state index contributed by atoms with van der Waals surface area (Å²) in [6, 6.07) is 6.61. The van der Waals surface area contributed by atoms with E-state index in [9.17, 15) is 24.3 Å². The Hall–Kier alpha value is -3.06. The Labute approximate surface area is 304 Å². The van der Waals surface area contributed by atoms with Gasteiger partial charge < -0.3 is 34.4 Å². The molecule has 3 aliphatic heterocycles. The summed E-state index contributed by atoms with van der Waals surface area (Å²) in [4.78, 5) is 59.7. The summed E-state index contributed by atoms with van der Waals surface area (Å²) in [5.41, 5.74) is -0.684. The Kier molecular flexibility index (Phi) is 14.2. The number of rotatable bonds is 20. The van der Waals surface area contributed by atoms with Crippen molar-refractivity contribution >= 4 is 39.6 Å². The number of likely N-dealkylation sites (tertiary alicyclic amines) is 1. The molecular formula is C38H54BrN3O8. The summed E-state index contributed by atoms with van der Waals surface area (Å²) in [5, 5.41) is 13.6. The van der Waals surface area contributed by atoms with Gasteiger partial charge in [-0.2, -0.15) is 0 Å². The standard InChI is InChI=1S/C38H54BrN3O8/c1-7-10-15-20-41(19-9-3)36(46)34-38-21-26(39)33(50-38)30(31(38)35(45)42(34)28(22-43)24(4)5)37(47)49-32(25-16-13-12-14-17-25)27(23-48-6)40-29(44)18-11-8-2/h8-9,12-14,16-17,24,26-28,30-34,43H,2-3,7,10-11,15,18-23H2,1,4-6H3,(H,40,44)/t26?,27-,28+,30-,31+,32-,33-,34-,38+/m1/s1. The van der Waals surface area contributed by atoms with E-state index in [0.717, 1.165) is 19.3 Å². The number of halogens is 1.